The van der Waals surface area contributed by atoms with Crippen molar-refractivity contribution < 1.29 is 4.52 Å². The highest BCUT2D eigenvalue weighted by atomic mass is 16.5. The highest BCUT2D eigenvalue weighted by Gasteiger charge is 2.23. The summed E-state index contributed by atoms with van der Waals surface area (Å²) in [5, 5.41) is 3.81. The van der Waals surface area contributed by atoms with Crippen LogP contribution < -0.4 is 0 Å². The van der Waals surface area contributed by atoms with Crippen LogP contribution in [0.1, 0.15) is 38.4 Å². The summed E-state index contributed by atoms with van der Waals surface area (Å²) < 4.78 is 4.83. The van der Waals surface area contributed by atoms with Crippen molar-refractivity contribution in [1.29, 1.82) is 0 Å². The molecule has 0 aromatic carbocycles. The van der Waals surface area contributed by atoms with Gasteiger partial charge in [-0.3, -0.25) is 0 Å². The Morgan fingerprint density at radius 2 is 2.08 bits per heavy atom. The van der Waals surface area contributed by atoms with Crippen LogP contribution in [0.3, 0.4) is 0 Å². The molecule has 2 rings (SSSR count). The largest absolute Gasteiger partial charge is 0.340 e. The second-order valence-corrected chi connectivity index (χ2v) is 2.88. The Kier molecular flexibility index (Phi) is 3.26. The highest BCUT2D eigenvalue weighted by molar-refractivity contribution is 4.90. The molecule has 0 saturated heterocycles. The van der Waals surface area contributed by atoms with Gasteiger partial charge in [-0.05, 0) is 18.8 Å². The van der Waals surface area contributed by atoms with Crippen molar-refractivity contribution in [2.24, 2.45) is 5.92 Å². The van der Waals surface area contributed by atoms with E-state index in [0.717, 1.165) is 18.2 Å². The lowest BCUT2D eigenvalue weighted by atomic mass is 10.3. The molecule has 1 aromatic heterocycles. The molecule has 12 heavy (non-hydrogen) atoms. The first-order chi connectivity index (χ1) is 5.84. The zero-order valence-corrected chi connectivity index (χ0v) is 8.00. The maximum Gasteiger partial charge on any atom is 0.223 e. The number of hydrogen-bond acceptors (Lipinski definition) is 3. The first-order valence-electron chi connectivity index (χ1n) is 4.64. The summed E-state index contributed by atoms with van der Waals surface area (Å²) in [6.07, 6.45) is 3.69. The monoisotopic (exact) mass is 168 g/mol. The standard InChI is InChI=1S/C7H10N2O.C2H6/c1-5-8-7(9-10-5)4-6-2-3-6;1-2/h6H,2-4H2,1H3;1-2H3. The minimum Gasteiger partial charge on any atom is -0.340 e. The zero-order valence-electron chi connectivity index (χ0n) is 8.00. The molecule has 1 saturated carbocycles. The van der Waals surface area contributed by atoms with E-state index in [-0.39, 0.29) is 0 Å². The number of nitrogens with zero attached hydrogens (tertiary/aromatic N) is 2. The van der Waals surface area contributed by atoms with E-state index in [1.807, 2.05) is 20.8 Å². The van der Waals surface area contributed by atoms with Crippen molar-refractivity contribution in [3.8, 4) is 0 Å². The van der Waals surface area contributed by atoms with Crippen LogP contribution >= 0.6 is 0 Å². The van der Waals surface area contributed by atoms with Gasteiger partial charge in [0.15, 0.2) is 5.82 Å². The molecule has 0 radical (unpaired) electrons. The van der Waals surface area contributed by atoms with E-state index in [0.29, 0.717) is 5.89 Å². The first kappa shape index (κ1) is 9.23. The van der Waals surface area contributed by atoms with Gasteiger partial charge in [0.05, 0.1) is 0 Å². The lowest BCUT2D eigenvalue weighted by Crippen LogP contribution is -1.88. The van der Waals surface area contributed by atoms with Gasteiger partial charge in [-0.15, -0.1) is 0 Å². The molecule has 0 spiro atoms. The van der Waals surface area contributed by atoms with Crippen molar-refractivity contribution in [1.82, 2.24) is 10.1 Å². The van der Waals surface area contributed by atoms with E-state index in [9.17, 15) is 0 Å². The number of rotatable bonds is 2. The van der Waals surface area contributed by atoms with Crippen molar-refractivity contribution in [3.05, 3.63) is 11.7 Å². The minimum absolute atomic E-state index is 0.677. The summed E-state index contributed by atoms with van der Waals surface area (Å²) >= 11 is 0. The molecule has 1 heterocycles. The highest BCUT2D eigenvalue weighted by Crippen LogP contribution is 2.31. The van der Waals surface area contributed by atoms with Crippen LogP contribution in [-0.2, 0) is 6.42 Å². The molecule has 0 amide bonds. The van der Waals surface area contributed by atoms with E-state index >= 15 is 0 Å². The van der Waals surface area contributed by atoms with Gasteiger partial charge in [-0.1, -0.05) is 19.0 Å². The van der Waals surface area contributed by atoms with E-state index in [1.54, 1.807) is 0 Å². The first-order valence-corrected chi connectivity index (χ1v) is 4.64. The van der Waals surface area contributed by atoms with Crippen LogP contribution in [0.5, 0.6) is 0 Å². The molecule has 1 aromatic rings. The Labute approximate surface area is 73.2 Å². The van der Waals surface area contributed by atoms with E-state index in [2.05, 4.69) is 10.1 Å². The van der Waals surface area contributed by atoms with E-state index in [1.165, 1.54) is 12.8 Å². The molecule has 0 atom stereocenters. The van der Waals surface area contributed by atoms with Crippen LogP contribution in [0.4, 0.5) is 0 Å². The number of hydrogen-bond donors (Lipinski definition) is 0. The van der Waals surface area contributed by atoms with Crippen LogP contribution in [-0.4, -0.2) is 10.1 Å². The van der Waals surface area contributed by atoms with Gasteiger partial charge in [0.1, 0.15) is 0 Å². The SMILES string of the molecule is CC.Cc1nc(CC2CC2)no1. The molecule has 0 unspecified atom stereocenters. The molecule has 1 fully saturated rings. The average molecular weight is 168 g/mol. The minimum atomic E-state index is 0.677. The topological polar surface area (TPSA) is 38.9 Å². The quantitative estimate of drug-likeness (QED) is 0.680. The van der Waals surface area contributed by atoms with Crippen molar-refractivity contribution >= 4 is 0 Å². The third kappa shape index (κ3) is 2.64. The van der Waals surface area contributed by atoms with Crippen molar-refractivity contribution in [2.75, 3.05) is 0 Å². The van der Waals surface area contributed by atoms with Crippen LogP contribution in [0.25, 0.3) is 0 Å². The third-order valence-electron chi connectivity index (χ3n) is 1.74. The van der Waals surface area contributed by atoms with Crippen LogP contribution in [0.15, 0.2) is 4.52 Å². The lowest BCUT2D eigenvalue weighted by molar-refractivity contribution is 0.386. The molecule has 68 valence electrons. The molecule has 1 aliphatic carbocycles. The predicted octanol–water partition coefficient (Wildman–Crippen LogP) is 2.36. The van der Waals surface area contributed by atoms with Gasteiger partial charge in [0, 0.05) is 13.3 Å². The maximum absolute atomic E-state index is 4.83. The summed E-state index contributed by atoms with van der Waals surface area (Å²) in [5.74, 6) is 2.40. The molecular formula is C9H16N2O. The average Bonchev–Trinajstić information content (AvgIpc) is 2.80. The zero-order chi connectivity index (χ0) is 8.97. The Hall–Kier alpha value is -0.860. The second kappa shape index (κ2) is 4.24. The molecule has 3 heteroatoms. The second-order valence-electron chi connectivity index (χ2n) is 2.88. The summed E-state index contributed by atoms with van der Waals surface area (Å²) in [6, 6.07) is 0. The Morgan fingerprint density at radius 1 is 1.42 bits per heavy atom. The fourth-order valence-corrected chi connectivity index (χ4v) is 1.00. The third-order valence-corrected chi connectivity index (χ3v) is 1.74. The molecule has 0 aliphatic heterocycles. The molecular weight excluding hydrogens is 152 g/mol. The molecule has 0 bridgehead atoms. The van der Waals surface area contributed by atoms with Gasteiger partial charge in [-0.25, -0.2) is 0 Å². The van der Waals surface area contributed by atoms with Crippen molar-refractivity contribution in [2.45, 2.75) is 40.0 Å². The van der Waals surface area contributed by atoms with E-state index < -0.39 is 0 Å². The van der Waals surface area contributed by atoms with Crippen LogP contribution in [0.2, 0.25) is 0 Å². The normalized spacial score (nSPS) is 15.2. The smallest absolute Gasteiger partial charge is 0.223 e. The number of aromatic nitrogens is 2. The summed E-state index contributed by atoms with van der Waals surface area (Å²) in [7, 11) is 0. The Morgan fingerprint density at radius 3 is 2.50 bits per heavy atom. The molecule has 0 N–H and O–H groups in total. The summed E-state index contributed by atoms with van der Waals surface area (Å²) in [6.45, 7) is 5.82. The van der Waals surface area contributed by atoms with Gasteiger partial charge in [0.25, 0.3) is 0 Å². The predicted molar refractivity (Wildman–Crippen MR) is 46.8 cm³/mol. The van der Waals surface area contributed by atoms with Crippen LogP contribution in [0, 0.1) is 12.8 Å². The van der Waals surface area contributed by atoms with Gasteiger partial charge in [0.2, 0.25) is 5.89 Å². The maximum atomic E-state index is 4.83. The lowest BCUT2D eigenvalue weighted by Gasteiger charge is -1.84. The molecule has 1 aliphatic rings. The van der Waals surface area contributed by atoms with Gasteiger partial charge >= 0.3 is 0 Å². The van der Waals surface area contributed by atoms with E-state index in [4.69, 9.17) is 4.52 Å². The fraction of sp³-hybridized carbons (Fsp3) is 0.778. The fourth-order valence-electron chi connectivity index (χ4n) is 1.00. The summed E-state index contributed by atoms with van der Waals surface area (Å²) in [4.78, 5) is 4.11. The van der Waals surface area contributed by atoms with Gasteiger partial charge < -0.3 is 4.52 Å². The van der Waals surface area contributed by atoms with Gasteiger partial charge in [-0.2, -0.15) is 4.98 Å². The molecule has 3 nitrogen and oxygen atoms in total. The summed E-state index contributed by atoms with van der Waals surface area (Å²) in [5.41, 5.74) is 0. The Bertz CT molecular complexity index is 228. The number of aryl methyl sites for hydroxylation is 1. The van der Waals surface area contributed by atoms with Crippen molar-refractivity contribution in [3.63, 3.8) is 0 Å². The Balaban J connectivity index is 0.000000336.